The molecule has 0 saturated heterocycles. The highest BCUT2D eigenvalue weighted by atomic mass is 16.3. The number of benzene rings is 12. The van der Waals surface area contributed by atoms with Crippen LogP contribution in [0.2, 0.25) is 0 Å². The Hall–Kier alpha value is -9.12. The topological polar surface area (TPSA) is 39.9 Å². The van der Waals surface area contributed by atoms with Crippen LogP contribution >= 0.6 is 0 Å². The van der Waals surface area contributed by atoms with Gasteiger partial charge in [-0.05, 0) is 221 Å². The molecule has 2 aliphatic carbocycles. The van der Waals surface area contributed by atoms with E-state index >= 15 is 0 Å². The van der Waals surface area contributed by atoms with Crippen LogP contribution in [0.15, 0.2) is 205 Å². The minimum absolute atomic E-state index is 0.261. The zero-order chi connectivity index (χ0) is 58.3. The number of phenolic OH excluding ortho intramolecular Hbond substituents is 1. The summed E-state index contributed by atoms with van der Waals surface area (Å²) in [5.41, 5.74) is 24.7. The highest BCUT2D eigenvalue weighted by Gasteiger charge is 2.32. The van der Waals surface area contributed by atoms with Crippen molar-refractivity contribution in [3.63, 3.8) is 0 Å². The van der Waals surface area contributed by atoms with Crippen LogP contribution in [0.4, 0.5) is 34.1 Å². The van der Waals surface area contributed by atoms with Crippen molar-refractivity contribution in [2.75, 3.05) is 9.80 Å². The summed E-state index contributed by atoms with van der Waals surface area (Å²) in [5.74, 6) is 1.07. The second-order valence-electron chi connectivity index (χ2n) is 25.1. The predicted octanol–water partition coefficient (Wildman–Crippen LogP) is 23.8. The number of phenols is 1. The van der Waals surface area contributed by atoms with Crippen LogP contribution in [-0.4, -0.2) is 5.11 Å². The lowest BCUT2D eigenvalue weighted by Gasteiger charge is -2.32. The average Bonchev–Trinajstić information content (AvgIpc) is 0.867. The maximum Gasteiger partial charge on any atom is 0.159 e. The first-order valence-electron chi connectivity index (χ1n) is 31.7. The number of aromatic hydroxyl groups is 1. The summed E-state index contributed by atoms with van der Waals surface area (Å²) in [4.78, 5) is 4.95. The number of para-hydroxylation sites is 3. The van der Waals surface area contributed by atoms with Gasteiger partial charge < -0.3 is 19.3 Å². The molecule has 0 atom stereocenters. The Kier molecular flexibility index (Phi) is 13.6. The van der Waals surface area contributed by atoms with Gasteiger partial charge in [-0.1, -0.05) is 185 Å². The lowest BCUT2D eigenvalue weighted by atomic mass is 9.82. The van der Waals surface area contributed by atoms with Gasteiger partial charge in [0.1, 0.15) is 11.3 Å². The van der Waals surface area contributed by atoms with E-state index in [1.165, 1.54) is 114 Å². The van der Waals surface area contributed by atoms with Crippen molar-refractivity contribution in [1.82, 2.24) is 0 Å². The van der Waals surface area contributed by atoms with Crippen LogP contribution in [0.25, 0.3) is 87.6 Å². The summed E-state index contributed by atoms with van der Waals surface area (Å²) >= 11 is 0. The van der Waals surface area contributed by atoms with Crippen LogP contribution < -0.4 is 9.80 Å². The van der Waals surface area contributed by atoms with Crippen molar-refractivity contribution in [3.8, 4) is 39.1 Å². The summed E-state index contributed by atoms with van der Waals surface area (Å²) in [6.07, 6.45) is 11.4. The Labute approximate surface area is 506 Å². The number of hydrogen-bond donors (Lipinski definition) is 1. The Balaban J connectivity index is 1.02. The van der Waals surface area contributed by atoms with Gasteiger partial charge in [0.15, 0.2) is 5.58 Å². The van der Waals surface area contributed by atoms with Crippen molar-refractivity contribution >= 4 is 88.4 Å². The molecule has 0 bridgehead atoms. The van der Waals surface area contributed by atoms with E-state index in [9.17, 15) is 5.11 Å². The molecule has 86 heavy (non-hydrogen) atoms. The van der Waals surface area contributed by atoms with Gasteiger partial charge in [-0.3, -0.25) is 0 Å². The van der Waals surface area contributed by atoms with E-state index in [2.05, 4.69) is 252 Å². The van der Waals surface area contributed by atoms with E-state index in [0.717, 1.165) is 117 Å². The molecule has 424 valence electrons. The van der Waals surface area contributed by atoms with E-state index in [1.54, 1.807) is 0 Å². The Morgan fingerprint density at radius 1 is 0.372 bits per heavy atom. The number of fused-ring (bicyclic) bond motifs is 3. The Morgan fingerprint density at radius 3 is 1.37 bits per heavy atom. The van der Waals surface area contributed by atoms with Crippen molar-refractivity contribution in [2.24, 2.45) is 0 Å². The molecule has 13 aromatic rings. The third kappa shape index (κ3) is 9.02. The summed E-state index contributed by atoms with van der Waals surface area (Å²) in [6, 6.07) is 74.8. The van der Waals surface area contributed by atoms with Gasteiger partial charge in [-0.15, -0.1) is 0 Å². The molecule has 0 aliphatic heterocycles. The first kappa shape index (κ1) is 53.6. The average molecular weight is 1120 g/mol. The van der Waals surface area contributed by atoms with Crippen molar-refractivity contribution in [3.05, 3.63) is 245 Å². The maximum atomic E-state index is 13.2. The minimum Gasteiger partial charge on any atom is -0.505 e. The highest BCUT2D eigenvalue weighted by Crippen LogP contribution is 2.56. The standard InChI is InChI=1S/C82H74N2O2/c1-7-54-21-13-15-29-62(54)58-27-17-28-59(47-58)64-31-19-35-74(80(64)85)83(60-43-50(3)41-51(4)44-60)76-48-72(56-23-9-10-24-56)65-38-40-71-77(49-73(57-25-11-12-26-57)66-37-39-70(76)78(65)79(66)71)84(61-45-52(5)42-53(6)46-61)75-36-20-34-69-68-33-18-32-67(81(68)86-82(69)75)63-30-16-14-22-55(63)8-2/h13-22,27-49,56-57,85H,7-12,23-26H2,1-6H3. The van der Waals surface area contributed by atoms with Crippen molar-refractivity contribution in [1.29, 1.82) is 0 Å². The molecule has 1 N–H and O–H groups in total. The van der Waals surface area contributed by atoms with Gasteiger partial charge in [0.25, 0.3) is 0 Å². The molecule has 2 aliphatic rings. The summed E-state index contributed by atoms with van der Waals surface area (Å²) in [7, 11) is 0. The van der Waals surface area contributed by atoms with E-state index in [4.69, 9.17) is 4.42 Å². The molecule has 4 heteroatoms. The first-order valence-corrected chi connectivity index (χ1v) is 31.7. The van der Waals surface area contributed by atoms with E-state index in [1.807, 2.05) is 0 Å². The van der Waals surface area contributed by atoms with Crippen molar-refractivity contribution < 1.29 is 9.52 Å². The van der Waals surface area contributed by atoms with Gasteiger partial charge in [0, 0.05) is 44.0 Å². The molecule has 1 heterocycles. The van der Waals surface area contributed by atoms with Crippen LogP contribution in [-0.2, 0) is 12.8 Å². The van der Waals surface area contributed by atoms with Crippen LogP contribution in [0.1, 0.15) is 122 Å². The molecule has 4 nitrogen and oxygen atoms in total. The number of anilines is 6. The van der Waals surface area contributed by atoms with E-state index in [0.29, 0.717) is 11.8 Å². The molecule has 1 aromatic heterocycles. The molecular formula is C82H74N2O2. The fourth-order valence-corrected chi connectivity index (χ4v) is 15.7. The van der Waals surface area contributed by atoms with Gasteiger partial charge in [0.05, 0.1) is 22.7 Å². The number of furan rings is 1. The normalized spacial score (nSPS) is 14.1. The van der Waals surface area contributed by atoms with E-state index in [-0.39, 0.29) is 5.75 Å². The smallest absolute Gasteiger partial charge is 0.159 e. The van der Waals surface area contributed by atoms with Crippen LogP contribution in [0, 0.1) is 27.7 Å². The largest absolute Gasteiger partial charge is 0.505 e. The number of hydrogen-bond acceptors (Lipinski definition) is 4. The Morgan fingerprint density at radius 2 is 0.802 bits per heavy atom. The third-order valence-corrected chi connectivity index (χ3v) is 19.5. The van der Waals surface area contributed by atoms with Gasteiger partial charge >= 0.3 is 0 Å². The summed E-state index contributed by atoms with van der Waals surface area (Å²) in [6.45, 7) is 13.3. The summed E-state index contributed by atoms with van der Waals surface area (Å²) < 4.78 is 7.44. The van der Waals surface area contributed by atoms with Crippen molar-refractivity contribution in [2.45, 2.75) is 118 Å². The molecule has 15 rings (SSSR count). The molecule has 2 saturated carbocycles. The molecule has 0 amide bonds. The molecule has 0 radical (unpaired) electrons. The highest BCUT2D eigenvalue weighted by molar-refractivity contribution is 6.30. The van der Waals surface area contributed by atoms with Gasteiger partial charge in [-0.2, -0.15) is 0 Å². The molecule has 0 spiro atoms. The van der Waals surface area contributed by atoms with E-state index < -0.39 is 0 Å². The molecule has 12 aromatic carbocycles. The maximum absolute atomic E-state index is 13.2. The fourth-order valence-electron chi connectivity index (χ4n) is 15.7. The monoisotopic (exact) mass is 1120 g/mol. The summed E-state index contributed by atoms with van der Waals surface area (Å²) in [5, 5.41) is 23.1. The number of rotatable bonds is 13. The molecule has 0 unspecified atom stereocenters. The zero-order valence-electron chi connectivity index (χ0n) is 50.5. The quantitative estimate of drug-likeness (QED) is 0.117. The van der Waals surface area contributed by atoms with Crippen LogP contribution in [0.3, 0.4) is 0 Å². The molecule has 2 fully saturated rings. The fraction of sp³-hybridized carbons (Fsp3) is 0.220. The lowest BCUT2D eigenvalue weighted by molar-refractivity contribution is 0.478. The second kappa shape index (κ2) is 21.7. The zero-order valence-corrected chi connectivity index (χ0v) is 50.5. The van der Waals surface area contributed by atoms with Gasteiger partial charge in [0.2, 0.25) is 0 Å². The number of aryl methyl sites for hydroxylation is 6. The van der Waals surface area contributed by atoms with Gasteiger partial charge in [-0.25, -0.2) is 0 Å². The molecular weight excluding hydrogens is 1040 g/mol. The Bertz CT molecular complexity index is 4740. The van der Waals surface area contributed by atoms with Crippen LogP contribution in [0.5, 0.6) is 5.75 Å². The minimum atomic E-state index is 0.261. The lowest BCUT2D eigenvalue weighted by Crippen LogP contribution is -2.14. The first-order chi connectivity index (χ1) is 42.1. The predicted molar refractivity (Wildman–Crippen MR) is 365 cm³/mol. The SMILES string of the molecule is CCc1ccccc1-c1cccc(-c2cccc(N(c3cc(C)cc(C)c3)c3cc(C4CCCC4)c4ccc5c(N(c6cc(C)cc(C)c6)c6cccc7c6oc6c(-c8ccccc8CC)cccc67)cc(C6CCCC6)c6ccc3c4c65)c2O)c1. The third-order valence-electron chi connectivity index (χ3n) is 19.5. The second-order valence-corrected chi connectivity index (χ2v) is 25.1. The number of nitrogens with zero attached hydrogens (tertiary/aromatic N) is 2.